The molecule has 0 aromatic carbocycles. The molecule has 0 radical (unpaired) electrons. The Morgan fingerprint density at radius 1 is 1.19 bits per heavy atom. The number of nitrogens with zero attached hydrogens (tertiary/aromatic N) is 4. The van der Waals surface area contributed by atoms with Crippen LogP contribution in [-0.2, 0) is 0 Å². The number of piperidine rings is 1. The second-order valence-corrected chi connectivity index (χ2v) is 4.24. The zero-order valence-electron chi connectivity index (χ0n) is 9.40. The van der Waals surface area contributed by atoms with Crippen molar-refractivity contribution in [1.82, 2.24) is 19.9 Å². The molecular weight excluding hydrogens is 202 g/mol. The molecule has 0 atom stereocenters. The van der Waals surface area contributed by atoms with Gasteiger partial charge in [0.2, 0.25) is 0 Å². The molecule has 1 aliphatic heterocycles. The van der Waals surface area contributed by atoms with E-state index >= 15 is 0 Å². The molecule has 0 amide bonds. The Kier molecular flexibility index (Phi) is 2.23. The molecule has 1 aliphatic rings. The third-order valence-corrected chi connectivity index (χ3v) is 3.03. The molecule has 3 rings (SSSR count). The van der Waals surface area contributed by atoms with E-state index in [0.29, 0.717) is 0 Å². The highest BCUT2D eigenvalue weighted by Crippen LogP contribution is 2.23. The summed E-state index contributed by atoms with van der Waals surface area (Å²) in [5.74, 6) is 1.79. The van der Waals surface area contributed by atoms with Gasteiger partial charge in [0.15, 0.2) is 11.5 Å². The molecule has 5 nitrogen and oxygen atoms in total. The van der Waals surface area contributed by atoms with Crippen LogP contribution in [0.1, 0.15) is 25.1 Å². The van der Waals surface area contributed by atoms with Gasteiger partial charge in [-0.25, -0.2) is 15.0 Å². The lowest BCUT2D eigenvalue weighted by molar-refractivity contribution is 0.574. The molecule has 0 spiro atoms. The topological polar surface area (TPSA) is 57.7 Å². The van der Waals surface area contributed by atoms with Crippen molar-refractivity contribution in [3.8, 4) is 0 Å². The Morgan fingerprint density at radius 3 is 2.81 bits per heavy atom. The number of nitrogens with one attached hydrogen (secondary N) is 1. The van der Waals surface area contributed by atoms with Gasteiger partial charge < -0.3 is 9.88 Å². The quantitative estimate of drug-likeness (QED) is 0.789. The maximum absolute atomic E-state index is 4.53. The summed E-state index contributed by atoms with van der Waals surface area (Å²) < 4.78 is 0. The van der Waals surface area contributed by atoms with Crippen molar-refractivity contribution in [2.75, 3.05) is 18.0 Å². The number of anilines is 1. The summed E-state index contributed by atoms with van der Waals surface area (Å²) in [6.07, 6.45) is 5.50. The molecule has 0 unspecified atom stereocenters. The normalized spacial score (nSPS) is 16.9. The van der Waals surface area contributed by atoms with E-state index in [1.165, 1.54) is 19.3 Å². The second kappa shape index (κ2) is 3.73. The fourth-order valence-electron chi connectivity index (χ4n) is 2.26. The van der Waals surface area contributed by atoms with Gasteiger partial charge in [-0.15, -0.1) is 0 Å². The highest BCUT2D eigenvalue weighted by atomic mass is 15.2. The number of aromatic nitrogens is 4. The molecule has 1 N–H and O–H groups in total. The van der Waals surface area contributed by atoms with Crippen LogP contribution in [-0.4, -0.2) is 33.0 Å². The van der Waals surface area contributed by atoms with Crippen molar-refractivity contribution in [2.24, 2.45) is 0 Å². The Bertz CT molecular complexity index is 498. The largest absolute Gasteiger partial charge is 0.355 e. The van der Waals surface area contributed by atoms with Gasteiger partial charge in [-0.1, -0.05) is 0 Å². The molecule has 5 heteroatoms. The third kappa shape index (κ3) is 1.52. The minimum Gasteiger partial charge on any atom is -0.355 e. The Morgan fingerprint density at radius 2 is 2.00 bits per heavy atom. The lowest BCUT2D eigenvalue weighted by Gasteiger charge is -2.27. The molecule has 0 aliphatic carbocycles. The summed E-state index contributed by atoms with van der Waals surface area (Å²) in [5, 5.41) is 0. The third-order valence-electron chi connectivity index (χ3n) is 3.03. The van der Waals surface area contributed by atoms with Crippen LogP contribution in [0.3, 0.4) is 0 Å². The monoisotopic (exact) mass is 217 g/mol. The van der Waals surface area contributed by atoms with E-state index in [-0.39, 0.29) is 0 Å². The first-order valence-corrected chi connectivity index (χ1v) is 5.77. The first-order valence-electron chi connectivity index (χ1n) is 5.77. The van der Waals surface area contributed by atoms with E-state index in [0.717, 1.165) is 35.9 Å². The zero-order chi connectivity index (χ0) is 11.0. The van der Waals surface area contributed by atoms with Crippen LogP contribution in [0.15, 0.2) is 6.33 Å². The van der Waals surface area contributed by atoms with Crippen molar-refractivity contribution >= 4 is 17.0 Å². The summed E-state index contributed by atoms with van der Waals surface area (Å²) in [6, 6.07) is 0. The van der Waals surface area contributed by atoms with Crippen LogP contribution in [0.25, 0.3) is 11.2 Å². The van der Waals surface area contributed by atoms with Crippen molar-refractivity contribution in [3.05, 3.63) is 12.2 Å². The van der Waals surface area contributed by atoms with E-state index in [4.69, 9.17) is 0 Å². The maximum Gasteiger partial charge on any atom is 0.163 e. The first kappa shape index (κ1) is 9.57. The van der Waals surface area contributed by atoms with Crippen LogP contribution in [0.2, 0.25) is 0 Å². The maximum atomic E-state index is 4.53. The summed E-state index contributed by atoms with van der Waals surface area (Å²) in [6.45, 7) is 4.09. The van der Waals surface area contributed by atoms with Crippen LogP contribution >= 0.6 is 0 Å². The summed E-state index contributed by atoms with van der Waals surface area (Å²) in [5.41, 5.74) is 1.74. The van der Waals surface area contributed by atoms with E-state index in [9.17, 15) is 0 Å². The standard InChI is InChI=1S/C11H15N5/c1-8-14-10-9(12-7-13-10)11(15-8)16-5-3-2-4-6-16/h7H,2-6H2,1H3,(H,12,13,14,15). The minimum atomic E-state index is 0.803. The summed E-state index contributed by atoms with van der Waals surface area (Å²) in [7, 11) is 0. The first-order chi connectivity index (χ1) is 7.84. The number of rotatable bonds is 1. The number of imidazole rings is 1. The van der Waals surface area contributed by atoms with Gasteiger partial charge in [-0.3, -0.25) is 0 Å². The Hall–Kier alpha value is -1.65. The lowest BCUT2D eigenvalue weighted by Crippen LogP contribution is -2.30. The fourth-order valence-corrected chi connectivity index (χ4v) is 2.26. The molecule has 84 valence electrons. The number of aryl methyl sites for hydroxylation is 1. The number of aromatic amines is 1. The molecule has 2 aromatic heterocycles. The van der Waals surface area contributed by atoms with Crippen molar-refractivity contribution < 1.29 is 0 Å². The molecule has 0 saturated carbocycles. The molecule has 16 heavy (non-hydrogen) atoms. The van der Waals surface area contributed by atoms with Crippen LogP contribution in [0.4, 0.5) is 5.82 Å². The Balaban J connectivity index is 2.09. The van der Waals surface area contributed by atoms with Crippen molar-refractivity contribution in [3.63, 3.8) is 0 Å². The predicted molar refractivity (Wildman–Crippen MR) is 62.5 cm³/mol. The van der Waals surface area contributed by atoms with Gasteiger partial charge in [0.1, 0.15) is 11.3 Å². The predicted octanol–water partition coefficient (Wildman–Crippen LogP) is 1.65. The number of fused-ring (bicyclic) bond motifs is 1. The number of H-pyrrole nitrogens is 1. The van der Waals surface area contributed by atoms with Crippen molar-refractivity contribution in [2.45, 2.75) is 26.2 Å². The van der Waals surface area contributed by atoms with Gasteiger partial charge in [0, 0.05) is 13.1 Å². The van der Waals surface area contributed by atoms with Crippen LogP contribution < -0.4 is 4.90 Å². The summed E-state index contributed by atoms with van der Waals surface area (Å²) >= 11 is 0. The van der Waals surface area contributed by atoms with E-state index in [1.54, 1.807) is 6.33 Å². The van der Waals surface area contributed by atoms with Crippen LogP contribution in [0, 0.1) is 6.92 Å². The van der Waals surface area contributed by atoms with Gasteiger partial charge in [-0.05, 0) is 26.2 Å². The van der Waals surface area contributed by atoms with E-state index < -0.39 is 0 Å². The average Bonchev–Trinajstić information content (AvgIpc) is 2.77. The van der Waals surface area contributed by atoms with Crippen LogP contribution in [0.5, 0.6) is 0 Å². The van der Waals surface area contributed by atoms with E-state index in [2.05, 4.69) is 24.8 Å². The highest BCUT2D eigenvalue weighted by Gasteiger charge is 2.17. The van der Waals surface area contributed by atoms with Gasteiger partial charge in [0.05, 0.1) is 6.33 Å². The summed E-state index contributed by atoms with van der Waals surface area (Å²) in [4.78, 5) is 18.5. The molecular formula is C11H15N5. The number of hydrogen-bond acceptors (Lipinski definition) is 4. The molecule has 2 aromatic rings. The van der Waals surface area contributed by atoms with Gasteiger partial charge in [0.25, 0.3) is 0 Å². The Labute approximate surface area is 93.9 Å². The smallest absolute Gasteiger partial charge is 0.163 e. The molecule has 3 heterocycles. The second-order valence-electron chi connectivity index (χ2n) is 4.24. The lowest BCUT2D eigenvalue weighted by atomic mass is 10.1. The highest BCUT2D eigenvalue weighted by molar-refractivity contribution is 5.83. The minimum absolute atomic E-state index is 0.803. The SMILES string of the molecule is Cc1nc(N2CCCCC2)c2nc[nH]c2n1. The van der Waals surface area contributed by atoms with Gasteiger partial charge >= 0.3 is 0 Å². The molecule has 1 saturated heterocycles. The molecule has 1 fully saturated rings. The van der Waals surface area contributed by atoms with Gasteiger partial charge in [-0.2, -0.15) is 0 Å². The molecule has 0 bridgehead atoms. The number of hydrogen-bond donors (Lipinski definition) is 1. The average molecular weight is 217 g/mol. The fraction of sp³-hybridized carbons (Fsp3) is 0.545. The van der Waals surface area contributed by atoms with E-state index in [1.807, 2.05) is 6.92 Å². The van der Waals surface area contributed by atoms with Crippen molar-refractivity contribution in [1.29, 1.82) is 0 Å². The zero-order valence-corrected chi connectivity index (χ0v) is 9.40.